The standard InChI is InChI=1S/C14H24F3N3/c1-18-13(19-8-7-14(15,16)17)20-12-9-11(12)10-5-3-2-4-6-10/h10-12H,2-9H2,1H3,(H2,18,19,20). The second-order valence-electron chi connectivity index (χ2n) is 5.91. The van der Waals surface area contributed by atoms with Gasteiger partial charge in [-0.25, -0.2) is 0 Å². The van der Waals surface area contributed by atoms with Crippen molar-refractivity contribution in [2.24, 2.45) is 16.8 Å². The lowest BCUT2D eigenvalue weighted by atomic mass is 9.85. The van der Waals surface area contributed by atoms with Gasteiger partial charge in [0.05, 0.1) is 6.42 Å². The molecule has 0 aromatic carbocycles. The zero-order valence-corrected chi connectivity index (χ0v) is 12.0. The van der Waals surface area contributed by atoms with Gasteiger partial charge in [0, 0.05) is 19.6 Å². The van der Waals surface area contributed by atoms with Gasteiger partial charge in [-0.2, -0.15) is 13.2 Å². The molecule has 0 spiro atoms. The molecule has 20 heavy (non-hydrogen) atoms. The van der Waals surface area contributed by atoms with E-state index in [1.165, 1.54) is 32.1 Å². The Bertz CT molecular complexity index is 335. The van der Waals surface area contributed by atoms with Gasteiger partial charge in [-0.15, -0.1) is 0 Å². The van der Waals surface area contributed by atoms with E-state index in [0.29, 0.717) is 17.9 Å². The van der Waals surface area contributed by atoms with E-state index in [9.17, 15) is 13.2 Å². The molecule has 2 unspecified atom stereocenters. The molecule has 116 valence electrons. The summed E-state index contributed by atoms with van der Waals surface area (Å²) in [6, 6.07) is 0.398. The molecular weight excluding hydrogens is 267 g/mol. The lowest BCUT2D eigenvalue weighted by Gasteiger charge is -2.22. The van der Waals surface area contributed by atoms with Crippen molar-refractivity contribution in [2.45, 2.75) is 57.2 Å². The van der Waals surface area contributed by atoms with Crippen LogP contribution in [0.4, 0.5) is 13.2 Å². The molecule has 6 heteroatoms. The Labute approximate surface area is 118 Å². The maximum Gasteiger partial charge on any atom is 0.390 e. The molecule has 3 nitrogen and oxygen atoms in total. The van der Waals surface area contributed by atoms with Crippen LogP contribution in [-0.4, -0.2) is 31.8 Å². The van der Waals surface area contributed by atoms with Crippen LogP contribution in [0.1, 0.15) is 44.9 Å². The molecular formula is C14H24F3N3. The molecule has 0 radical (unpaired) electrons. The minimum Gasteiger partial charge on any atom is -0.356 e. The summed E-state index contributed by atoms with van der Waals surface area (Å²) < 4.78 is 36.3. The highest BCUT2D eigenvalue weighted by atomic mass is 19.4. The highest BCUT2D eigenvalue weighted by Gasteiger charge is 2.43. The summed E-state index contributed by atoms with van der Waals surface area (Å²) in [6.07, 6.45) is 2.80. The number of halogens is 3. The van der Waals surface area contributed by atoms with Gasteiger partial charge in [0.25, 0.3) is 0 Å². The van der Waals surface area contributed by atoms with Gasteiger partial charge in [-0.1, -0.05) is 32.1 Å². The molecule has 2 N–H and O–H groups in total. The number of rotatable bonds is 4. The smallest absolute Gasteiger partial charge is 0.356 e. The molecule has 2 aliphatic carbocycles. The summed E-state index contributed by atoms with van der Waals surface area (Å²) in [5, 5.41) is 5.99. The number of aliphatic imine (C=N–C) groups is 1. The Balaban J connectivity index is 1.67. The number of nitrogens with one attached hydrogen (secondary N) is 2. The van der Waals surface area contributed by atoms with E-state index in [2.05, 4.69) is 15.6 Å². The third-order valence-electron chi connectivity index (χ3n) is 4.34. The predicted molar refractivity (Wildman–Crippen MR) is 73.6 cm³/mol. The van der Waals surface area contributed by atoms with Gasteiger partial charge in [0.15, 0.2) is 5.96 Å². The van der Waals surface area contributed by atoms with E-state index in [1.807, 2.05) is 0 Å². The van der Waals surface area contributed by atoms with Crippen LogP contribution in [0, 0.1) is 11.8 Å². The van der Waals surface area contributed by atoms with Crippen LogP contribution < -0.4 is 10.6 Å². The summed E-state index contributed by atoms with van der Waals surface area (Å²) >= 11 is 0. The average Bonchev–Trinajstić information content (AvgIpc) is 3.16. The molecule has 0 aliphatic heterocycles. The maximum atomic E-state index is 12.1. The van der Waals surface area contributed by atoms with Crippen LogP contribution in [0.5, 0.6) is 0 Å². The zero-order valence-electron chi connectivity index (χ0n) is 12.0. The Kier molecular flexibility index (Phi) is 5.16. The second kappa shape index (κ2) is 6.68. The van der Waals surface area contributed by atoms with Crippen molar-refractivity contribution < 1.29 is 13.2 Å². The number of hydrogen-bond acceptors (Lipinski definition) is 1. The lowest BCUT2D eigenvalue weighted by Crippen LogP contribution is -2.40. The van der Waals surface area contributed by atoms with Gasteiger partial charge in [-0.3, -0.25) is 4.99 Å². The second-order valence-corrected chi connectivity index (χ2v) is 5.91. The first kappa shape index (κ1) is 15.4. The summed E-state index contributed by atoms with van der Waals surface area (Å²) in [5.74, 6) is 1.99. The van der Waals surface area contributed by atoms with E-state index in [-0.39, 0.29) is 6.54 Å². The van der Waals surface area contributed by atoms with Crippen molar-refractivity contribution in [3.05, 3.63) is 0 Å². The van der Waals surface area contributed by atoms with Gasteiger partial charge in [-0.05, 0) is 18.3 Å². The first-order valence-electron chi connectivity index (χ1n) is 7.53. The number of guanidine groups is 1. The number of alkyl halides is 3. The van der Waals surface area contributed by atoms with Crippen LogP contribution in [-0.2, 0) is 0 Å². The summed E-state index contributed by atoms with van der Waals surface area (Å²) in [5.41, 5.74) is 0. The van der Waals surface area contributed by atoms with Gasteiger partial charge in [0.2, 0.25) is 0 Å². The maximum absolute atomic E-state index is 12.1. The molecule has 2 aliphatic rings. The van der Waals surface area contributed by atoms with Crippen LogP contribution in [0.25, 0.3) is 0 Å². The third kappa shape index (κ3) is 4.87. The predicted octanol–water partition coefficient (Wildman–Crippen LogP) is 3.07. The minimum atomic E-state index is -4.12. The quantitative estimate of drug-likeness (QED) is 0.617. The highest BCUT2D eigenvalue weighted by Crippen LogP contribution is 2.44. The molecule has 0 aromatic heterocycles. The van der Waals surface area contributed by atoms with E-state index in [0.717, 1.165) is 12.3 Å². The Hall–Kier alpha value is -0.940. The van der Waals surface area contributed by atoms with Gasteiger partial charge in [0.1, 0.15) is 0 Å². The lowest BCUT2D eigenvalue weighted by molar-refractivity contribution is -0.132. The van der Waals surface area contributed by atoms with Crippen LogP contribution in [0.15, 0.2) is 4.99 Å². The minimum absolute atomic E-state index is 0.121. The summed E-state index contributed by atoms with van der Waals surface area (Å²) in [6.45, 7) is -0.121. The van der Waals surface area contributed by atoms with Gasteiger partial charge >= 0.3 is 6.18 Å². The number of nitrogens with zero attached hydrogens (tertiary/aromatic N) is 1. The summed E-state index contributed by atoms with van der Waals surface area (Å²) in [7, 11) is 1.60. The molecule has 0 amide bonds. The molecule has 0 bridgehead atoms. The first-order chi connectivity index (χ1) is 9.49. The van der Waals surface area contributed by atoms with Crippen molar-refractivity contribution in [3.63, 3.8) is 0 Å². The third-order valence-corrected chi connectivity index (χ3v) is 4.34. The average molecular weight is 291 g/mol. The van der Waals surface area contributed by atoms with Crippen molar-refractivity contribution in [2.75, 3.05) is 13.6 Å². The fraction of sp³-hybridized carbons (Fsp3) is 0.929. The summed E-state index contributed by atoms with van der Waals surface area (Å²) in [4.78, 5) is 3.99. The van der Waals surface area contributed by atoms with Crippen molar-refractivity contribution in [3.8, 4) is 0 Å². The fourth-order valence-electron chi connectivity index (χ4n) is 3.16. The van der Waals surface area contributed by atoms with E-state index >= 15 is 0 Å². The largest absolute Gasteiger partial charge is 0.390 e. The van der Waals surface area contributed by atoms with Crippen molar-refractivity contribution >= 4 is 5.96 Å². The van der Waals surface area contributed by atoms with Crippen LogP contribution in [0.2, 0.25) is 0 Å². The van der Waals surface area contributed by atoms with Crippen molar-refractivity contribution in [1.82, 2.24) is 10.6 Å². The Morgan fingerprint density at radius 1 is 1.20 bits per heavy atom. The monoisotopic (exact) mass is 291 g/mol. The first-order valence-corrected chi connectivity index (χ1v) is 7.53. The molecule has 2 fully saturated rings. The van der Waals surface area contributed by atoms with Crippen LogP contribution in [0.3, 0.4) is 0 Å². The molecule has 0 heterocycles. The SMILES string of the molecule is CN=C(NCCC(F)(F)F)NC1CC1C1CCCCC1. The van der Waals surface area contributed by atoms with E-state index < -0.39 is 12.6 Å². The fourth-order valence-corrected chi connectivity index (χ4v) is 3.16. The Morgan fingerprint density at radius 2 is 1.90 bits per heavy atom. The zero-order chi connectivity index (χ0) is 14.6. The Morgan fingerprint density at radius 3 is 2.50 bits per heavy atom. The molecule has 2 saturated carbocycles. The van der Waals surface area contributed by atoms with E-state index in [4.69, 9.17) is 0 Å². The van der Waals surface area contributed by atoms with Crippen LogP contribution >= 0.6 is 0 Å². The van der Waals surface area contributed by atoms with E-state index in [1.54, 1.807) is 7.05 Å². The normalized spacial score (nSPS) is 28.3. The van der Waals surface area contributed by atoms with Gasteiger partial charge < -0.3 is 10.6 Å². The molecule has 2 rings (SSSR count). The molecule has 0 aromatic rings. The highest BCUT2D eigenvalue weighted by molar-refractivity contribution is 5.80. The molecule has 0 saturated heterocycles. The number of hydrogen-bond donors (Lipinski definition) is 2. The topological polar surface area (TPSA) is 36.4 Å². The molecule has 2 atom stereocenters. The van der Waals surface area contributed by atoms with Crippen molar-refractivity contribution in [1.29, 1.82) is 0 Å².